The molecule has 2 aromatic carbocycles. The number of rotatable bonds is 6. The number of carboxylic acids is 1. The lowest BCUT2D eigenvalue weighted by Gasteiger charge is -2.39. The number of carbonyl (C=O) groups is 2. The van der Waals surface area contributed by atoms with Gasteiger partial charge in [-0.1, -0.05) is 48.5 Å². The average molecular weight is 408 g/mol. The Kier molecular flexibility index (Phi) is 5.77. The molecular weight excluding hydrogens is 380 g/mol. The van der Waals surface area contributed by atoms with Crippen molar-refractivity contribution in [2.45, 2.75) is 37.6 Å². The van der Waals surface area contributed by atoms with Crippen molar-refractivity contribution in [3.8, 4) is 11.1 Å². The maximum atomic E-state index is 12.7. The Bertz CT molecular complexity index is 893. The lowest BCUT2D eigenvalue weighted by Crippen LogP contribution is -2.56. The number of nitrogens with one attached hydrogen (secondary N) is 2. The fraction of sp³-hybridized carbons (Fsp3) is 0.417. The zero-order chi connectivity index (χ0) is 21.1. The fourth-order valence-corrected chi connectivity index (χ4v) is 4.87. The molecule has 0 spiro atoms. The molecule has 2 unspecified atom stereocenters. The minimum Gasteiger partial charge on any atom is -0.481 e. The zero-order valence-electron chi connectivity index (χ0n) is 17.2. The molecule has 1 fully saturated rings. The third-order valence-electron chi connectivity index (χ3n) is 6.45. The summed E-state index contributed by atoms with van der Waals surface area (Å²) in [7, 11) is 0. The maximum absolute atomic E-state index is 12.7. The van der Waals surface area contributed by atoms with Crippen molar-refractivity contribution in [2.75, 3.05) is 19.7 Å². The monoisotopic (exact) mass is 408 g/mol. The molecule has 0 bridgehead atoms. The first-order chi connectivity index (χ1) is 14.5. The Labute approximate surface area is 176 Å². The summed E-state index contributed by atoms with van der Waals surface area (Å²) >= 11 is 0. The van der Waals surface area contributed by atoms with Gasteiger partial charge in [-0.25, -0.2) is 4.79 Å². The number of carboxylic acid groups (broad SMARTS) is 1. The lowest BCUT2D eigenvalue weighted by molar-refractivity contribution is -0.139. The van der Waals surface area contributed by atoms with Gasteiger partial charge in [0, 0.05) is 12.5 Å². The second kappa shape index (κ2) is 8.48. The van der Waals surface area contributed by atoms with Crippen molar-refractivity contribution in [2.24, 2.45) is 5.92 Å². The molecule has 1 aliphatic heterocycles. The Morgan fingerprint density at radius 3 is 2.33 bits per heavy atom. The van der Waals surface area contributed by atoms with E-state index >= 15 is 0 Å². The van der Waals surface area contributed by atoms with Gasteiger partial charge in [0.1, 0.15) is 6.61 Å². The summed E-state index contributed by atoms with van der Waals surface area (Å²) in [5, 5.41) is 15.6. The Hall–Kier alpha value is -2.86. The number of alkyl carbamates (subject to hydrolysis) is 1. The molecule has 30 heavy (non-hydrogen) atoms. The van der Waals surface area contributed by atoms with Crippen LogP contribution in [0.5, 0.6) is 0 Å². The molecule has 0 aromatic heterocycles. The van der Waals surface area contributed by atoms with E-state index in [4.69, 9.17) is 4.74 Å². The highest BCUT2D eigenvalue weighted by Crippen LogP contribution is 2.44. The average Bonchev–Trinajstić information content (AvgIpc) is 3.06. The predicted molar refractivity (Wildman–Crippen MR) is 114 cm³/mol. The van der Waals surface area contributed by atoms with Crippen molar-refractivity contribution < 1.29 is 19.4 Å². The molecule has 6 nitrogen and oxygen atoms in total. The van der Waals surface area contributed by atoms with Crippen LogP contribution < -0.4 is 10.6 Å². The fourth-order valence-electron chi connectivity index (χ4n) is 4.87. The lowest BCUT2D eigenvalue weighted by atomic mass is 9.78. The smallest absolute Gasteiger partial charge is 0.407 e. The molecule has 1 aliphatic carbocycles. The summed E-state index contributed by atoms with van der Waals surface area (Å²) in [6.45, 7) is 3.63. The number of hydrogen-bond donors (Lipinski definition) is 3. The van der Waals surface area contributed by atoms with E-state index in [9.17, 15) is 14.7 Å². The molecule has 3 N–H and O–H groups in total. The van der Waals surface area contributed by atoms with Crippen molar-refractivity contribution >= 4 is 12.1 Å². The summed E-state index contributed by atoms with van der Waals surface area (Å²) in [5.74, 6) is -0.907. The second-order valence-corrected chi connectivity index (χ2v) is 8.48. The molecule has 1 amide bonds. The van der Waals surface area contributed by atoms with E-state index in [1.165, 1.54) is 11.1 Å². The first-order valence-electron chi connectivity index (χ1n) is 10.5. The molecule has 0 radical (unpaired) electrons. The molecule has 2 aromatic rings. The van der Waals surface area contributed by atoms with E-state index in [-0.39, 0.29) is 24.9 Å². The molecule has 2 atom stereocenters. The molecule has 6 heteroatoms. The van der Waals surface area contributed by atoms with E-state index < -0.39 is 17.6 Å². The van der Waals surface area contributed by atoms with Crippen LogP contribution in [0, 0.1) is 5.92 Å². The van der Waals surface area contributed by atoms with Crippen LogP contribution in [0.1, 0.15) is 43.2 Å². The normalized spacial score (nSPS) is 20.0. The van der Waals surface area contributed by atoms with Crippen molar-refractivity contribution in [3.63, 3.8) is 0 Å². The molecule has 1 saturated heterocycles. The van der Waals surface area contributed by atoms with Gasteiger partial charge in [-0.05, 0) is 54.5 Å². The SMILES string of the molecule is CC(CC(=O)O)(NC(=O)OCC1c2ccccc2-c2ccccc21)C1CCCNC1. The summed E-state index contributed by atoms with van der Waals surface area (Å²) in [6, 6.07) is 16.4. The van der Waals surface area contributed by atoms with Gasteiger partial charge in [0.05, 0.1) is 12.0 Å². The van der Waals surface area contributed by atoms with E-state index in [1.807, 2.05) is 24.3 Å². The minimum absolute atomic E-state index is 0.0229. The Morgan fingerprint density at radius 1 is 1.13 bits per heavy atom. The third-order valence-corrected chi connectivity index (χ3v) is 6.45. The summed E-state index contributed by atoms with van der Waals surface area (Å²) in [4.78, 5) is 24.2. The van der Waals surface area contributed by atoms with Crippen LogP contribution in [0.25, 0.3) is 11.1 Å². The van der Waals surface area contributed by atoms with Gasteiger partial charge in [0.2, 0.25) is 0 Å². The van der Waals surface area contributed by atoms with Crippen LogP contribution in [0.4, 0.5) is 4.79 Å². The van der Waals surface area contributed by atoms with Crippen LogP contribution in [-0.2, 0) is 9.53 Å². The number of ether oxygens (including phenoxy) is 1. The molecule has 158 valence electrons. The standard InChI is InChI=1S/C24H28N2O4/c1-24(13-22(27)28,16-7-6-12-25-14-16)26-23(29)30-15-21-19-10-4-2-8-17(19)18-9-3-5-11-20(18)21/h2-5,8-11,16,21,25H,6-7,12-15H2,1H3,(H,26,29)(H,27,28). The molecular formula is C24H28N2O4. The van der Waals surface area contributed by atoms with E-state index in [2.05, 4.69) is 34.9 Å². The zero-order valence-corrected chi connectivity index (χ0v) is 17.2. The second-order valence-electron chi connectivity index (χ2n) is 8.48. The number of benzene rings is 2. The Balaban J connectivity index is 1.47. The highest BCUT2D eigenvalue weighted by atomic mass is 16.5. The molecule has 4 rings (SSSR count). The number of amides is 1. The predicted octanol–water partition coefficient (Wildman–Crippen LogP) is 3.76. The molecule has 2 aliphatic rings. The number of carbonyl (C=O) groups excluding carboxylic acids is 1. The first kappa shape index (κ1) is 20.4. The maximum Gasteiger partial charge on any atom is 0.407 e. The van der Waals surface area contributed by atoms with Gasteiger partial charge in [-0.2, -0.15) is 0 Å². The minimum atomic E-state index is -0.929. The summed E-state index contributed by atoms with van der Waals surface area (Å²) < 4.78 is 5.64. The third kappa shape index (κ3) is 4.05. The van der Waals surface area contributed by atoms with Gasteiger partial charge in [0.15, 0.2) is 0 Å². The van der Waals surface area contributed by atoms with Gasteiger partial charge in [0.25, 0.3) is 0 Å². The van der Waals surface area contributed by atoms with E-state index in [0.29, 0.717) is 6.54 Å². The van der Waals surface area contributed by atoms with E-state index in [0.717, 1.165) is 30.5 Å². The van der Waals surface area contributed by atoms with Crippen LogP contribution in [0.2, 0.25) is 0 Å². The first-order valence-corrected chi connectivity index (χ1v) is 10.5. The Morgan fingerprint density at radius 2 is 1.77 bits per heavy atom. The quantitative estimate of drug-likeness (QED) is 0.677. The van der Waals surface area contributed by atoms with Crippen molar-refractivity contribution in [3.05, 3.63) is 59.7 Å². The number of fused-ring (bicyclic) bond motifs is 3. The highest BCUT2D eigenvalue weighted by molar-refractivity contribution is 5.79. The van der Waals surface area contributed by atoms with Gasteiger partial charge >= 0.3 is 12.1 Å². The molecule has 1 heterocycles. The van der Waals surface area contributed by atoms with Gasteiger partial charge < -0.3 is 20.5 Å². The largest absolute Gasteiger partial charge is 0.481 e. The van der Waals surface area contributed by atoms with Crippen LogP contribution in [-0.4, -0.2) is 42.4 Å². The number of piperidine rings is 1. The van der Waals surface area contributed by atoms with Crippen LogP contribution in [0.15, 0.2) is 48.5 Å². The van der Waals surface area contributed by atoms with Crippen LogP contribution >= 0.6 is 0 Å². The molecule has 0 saturated carbocycles. The van der Waals surface area contributed by atoms with Crippen molar-refractivity contribution in [1.82, 2.24) is 10.6 Å². The van der Waals surface area contributed by atoms with Gasteiger partial charge in [-0.15, -0.1) is 0 Å². The summed E-state index contributed by atoms with van der Waals surface area (Å²) in [5.41, 5.74) is 3.78. The summed E-state index contributed by atoms with van der Waals surface area (Å²) in [6.07, 6.45) is 1.14. The van der Waals surface area contributed by atoms with Gasteiger partial charge in [-0.3, -0.25) is 4.79 Å². The van der Waals surface area contributed by atoms with E-state index in [1.54, 1.807) is 6.92 Å². The van der Waals surface area contributed by atoms with Crippen molar-refractivity contribution in [1.29, 1.82) is 0 Å². The number of hydrogen-bond acceptors (Lipinski definition) is 4. The van der Waals surface area contributed by atoms with Crippen LogP contribution in [0.3, 0.4) is 0 Å². The highest BCUT2D eigenvalue weighted by Gasteiger charge is 2.39. The topological polar surface area (TPSA) is 87.7 Å². The number of aliphatic carboxylic acids is 1.